The van der Waals surface area contributed by atoms with Crippen molar-refractivity contribution in [3.05, 3.63) is 35.9 Å². The molecule has 2 amide bonds. The summed E-state index contributed by atoms with van der Waals surface area (Å²) >= 11 is 0. The van der Waals surface area contributed by atoms with Crippen LogP contribution in [0.3, 0.4) is 0 Å². The van der Waals surface area contributed by atoms with Crippen LogP contribution in [0.4, 0.5) is 0 Å². The van der Waals surface area contributed by atoms with E-state index < -0.39 is 6.04 Å². The highest BCUT2D eigenvalue weighted by atomic mass is 35.5. The molecule has 1 heterocycles. The van der Waals surface area contributed by atoms with E-state index in [-0.39, 0.29) is 30.8 Å². The summed E-state index contributed by atoms with van der Waals surface area (Å²) in [6, 6.07) is 8.31. The number of amides is 2. The van der Waals surface area contributed by atoms with Gasteiger partial charge >= 0.3 is 0 Å². The Morgan fingerprint density at radius 3 is 2.48 bits per heavy atom. The Balaban J connectivity index is 0.00000220. The van der Waals surface area contributed by atoms with Gasteiger partial charge in [0.15, 0.2) is 0 Å². The van der Waals surface area contributed by atoms with E-state index >= 15 is 0 Å². The van der Waals surface area contributed by atoms with Crippen molar-refractivity contribution in [1.29, 1.82) is 0 Å². The number of nitrogens with two attached hydrogens (primary N) is 1. The van der Waals surface area contributed by atoms with Crippen LogP contribution in [0.25, 0.3) is 0 Å². The number of ether oxygens (including phenoxy) is 1. The van der Waals surface area contributed by atoms with Gasteiger partial charge in [0.05, 0.1) is 19.8 Å². The largest absolute Gasteiger partial charge is 0.378 e. The fraction of sp³-hybridized carbons (Fsp3) is 0.429. The average molecular weight is 314 g/mol. The summed E-state index contributed by atoms with van der Waals surface area (Å²) < 4.78 is 5.17. The molecule has 3 N–H and O–H groups in total. The summed E-state index contributed by atoms with van der Waals surface area (Å²) in [5.41, 5.74) is 6.57. The molecule has 0 aliphatic carbocycles. The lowest BCUT2D eigenvalue weighted by atomic mass is 10.1. The third-order valence-electron chi connectivity index (χ3n) is 3.22. The van der Waals surface area contributed by atoms with Crippen LogP contribution in [0.1, 0.15) is 11.6 Å². The third kappa shape index (κ3) is 5.00. The molecule has 0 bridgehead atoms. The molecule has 0 radical (unpaired) electrons. The zero-order valence-electron chi connectivity index (χ0n) is 11.7. The average Bonchev–Trinajstić information content (AvgIpc) is 2.53. The molecule has 1 saturated heterocycles. The fourth-order valence-electron chi connectivity index (χ4n) is 2.01. The van der Waals surface area contributed by atoms with Crippen molar-refractivity contribution in [1.82, 2.24) is 10.2 Å². The number of halogens is 1. The first-order chi connectivity index (χ1) is 9.68. The standard InChI is InChI=1S/C14H19N3O3.ClH/c15-13(11-4-2-1-3-5-11)14(19)16-10-12(18)17-6-8-20-9-7-17;/h1-5,13H,6-10,15H2,(H,16,19);1H. The van der Waals surface area contributed by atoms with Crippen LogP contribution in [-0.2, 0) is 14.3 Å². The maximum Gasteiger partial charge on any atom is 0.242 e. The van der Waals surface area contributed by atoms with Crippen LogP contribution < -0.4 is 11.1 Å². The minimum Gasteiger partial charge on any atom is -0.378 e. The quantitative estimate of drug-likeness (QED) is 0.824. The summed E-state index contributed by atoms with van der Waals surface area (Å²) in [6.45, 7) is 2.20. The van der Waals surface area contributed by atoms with Gasteiger partial charge in [0.25, 0.3) is 0 Å². The van der Waals surface area contributed by atoms with Crippen LogP contribution in [-0.4, -0.2) is 49.6 Å². The molecule has 7 heteroatoms. The van der Waals surface area contributed by atoms with Gasteiger partial charge < -0.3 is 20.7 Å². The second-order valence-corrected chi connectivity index (χ2v) is 4.60. The highest BCUT2D eigenvalue weighted by Gasteiger charge is 2.20. The predicted octanol–water partition coefficient (Wildman–Crippen LogP) is 0.0832. The molecule has 6 nitrogen and oxygen atoms in total. The van der Waals surface area contributed by atoms with Crippen molar-refractivity contribution < 1.29 is 14.3 Å². The third-order valence-corrected chi connectivity index (χ3v) is 3.22. The summed E-state index contributed by atoms with van der Waals surface area (Å²) in [5, 5.41) is 2.58. The van der Waals surface area contributed by atoms with Crippen LogP contribution >= 0.6 is 12.4 Å². The first-order valence-corrected chi connectivity index (χ1v) is 6.62. The van der Waals surface area contributed by atoms with Gasteiger partial charge in [0.2, 0.25) is 11.8 Å². The molecule has 0 saturated carbocycles. The van der Waals surface area contributed by atoms with Crippen LogP contribution in [0.5, 0.6) is 0 Å². The maximum absolute atomic E-state index is 11.9. The van der Waals surface area contributed by atoms with Gasteiger partial charge in [-0.2, -0.15) is 0 Å². The van der Waals surface area contributed by atoms with Crippen molar-refractivity contribution in [2.75, 3.05) is 32.8 Å². The first-order valence-electron chi connectivity index (χ1n) is 6.62. The number of nitrogens with zero attached hydrogens (tertiary/aromatic N) is 1. The SMILES string of the molecule is Cl.NC(C(=O)NCC(=O)N1CCOCC1)c1ccccc1. The molecule has 1 atom stereocenters. The normalized spacial score (nSPS) is 15.8. The second-order valence-electron chi connectivity index (χ2n) is 4.60. The molecule has 1 aliphatic heterocycles. The van der Waals surface area contributed by atoms with Crippen molar-refractivity contribution in [2.24, 2.45) is 5.73 Å². The lowest BCUT2D eigenvalue weighted by Gasteiger charge is -2.27. The minimum absolute atomic E-state index is 0. The Kier molecular flexibility index (Phi) is 7.14. The van der Waals surface area contributed by atoms with Gasteiger partial charge in [0.1, 0.15) is 6.04 Å². The van der Waals surface area contributed by atoms with Crippen molar-refractivity contribution in [2.45, 2.75) is 6.04 Å². The van der Waals surface area contributed by atoms with Crippen molar-refractivity contribution >= 4 is 24.2 Å². The number of nitrogens with one attached hydrogen (secondary N) is 1. The van der Waals surface area contributed by atoms with E-state index in [9.17, 15) is 9.59 Å². The zero-order valence-corrected chi connectivity index (χ0v) is 12.5. The molecule has 116 valence electrons. The van der Waals surface area contributed by atoms with E-state index in [2.05, 4.69) is 5.32 Å². The van der Waals surface area contributed by atoms with E-state index in [4.69, 9.17) is 10.5 Å². The topological polar surface area (TPSA) is 84.7 Å². The zero-order chi connectivity index (χ0) is 14.4. The summed E-state index contributed by atoms with van der Waals surface area (Å²) in [4.78, 5) is 25.5. The van der Waals surface area contributed by atoms with Crippen LogP contribution in [0, 0.1) is 0 Å². The van der Waals surface area contributed by atoms with Gasteiger partial charge in [-0.25, -0.2) is 0 Å². The van der Waals surface area contributed by atoms with Gasteiger partial charge in [-0.15, -0.1) is 12.4 Å². The van der Waals surface area contributed by atoms with E-state index in [0.29, 0.717) is 26.3 Å². The van der Waals surface area contributed by atoms with Crippen LogP contribution in [0.15, 0.2) is 30.3 Å². The molecule has 1 unspecified atom stereocenters. The molecular formula is C14H20ClN3O3. The van der Waals surface area contributed by atoms with E-state index in [1.807, 2.05) is 18.2 Å². The van der Waals surface area contributed by atoms with E-state index in [1.165, 1.54) is 0 Å². The Morgan fingerprint density at radius 2 is 1.86 bits per heavy atom. The second kappa shape index (κ2) is 8.61. The fourth-order valence-corrected chi connectivity index (χ4v) is 2.01. The molecule has 21 heavy (non-hydrogen) atoms. The summed E-state index contributed by atoms with van der Waals surface area (Å²) in [7, 11) is 0. The Morgan fingerprint density at radius 1 is 1.24 bits per heavy atom. The van der Waals surface area contributed by atoms with Gasteiger partial charge in [0, 0.05) is 13.1 Å². The van der Waals surface area contributed by atoms with Gasteiger partial charge in [-0.1, -0.05) is 30.3 Å². The van der Waals surface area contributed by atoms with Crippen molar-refractivity contribution in [3.63, 3.8) is 0 Å². The number of carbonyl (C=O) groups is 2. The molecule has 1 aromatic carbocycles. The first kappa shape index (κ1) is 17.4. The lowest BCUT2D eigenvalue weighted by Crippen LogP contribution is -2.46. The Bertz CT molecular complexity index is 464. The minimum atomic E-state index is -0.756. The number of benzene rings is 1. The molecule has 1 aromatic rings. The van der Waals surface area contributed by atoms with E-state index in [0.717, 1.165) is 5.56 Å². The van der Waals surface area contributed by atoms with Gasteiger partial charge in [-0.3, -0.25) is 9.59 Å². The number of hydrogen-bond acceptors (Lipinski definition) is 4. The summed E-state index contributed by atoms with van der Waals surface area (Å²) in [5.74, 6) is -0.459. The van der Waals surface area contributed by atoms with Crippen LogP contribution in [0.2, 0.25) is 0 Å². The molecular weight excluding hydrogens is 294 g/mol. The molecule has 0 spiro atoms. The Hall–Kier alpha value is -1.63. The molecule has 1 aliphatic rings. The van der Waals surface area contributed by atoms with E-state index in [1.54, 1.807) is 17.0 Å². The predicted molar refractivity (Wildman–Crippen MR) is 81.0 cm³/mol. The lowest BCUT2D eigenvalue weighted by molar-refractivity contribution is -0.136. The molecule has 1 fully saturated rings. The van der Waals surface area contributed by atoms with Gasteiger partial charge in [-0.05, 0) is 5.56 Å². The molecule has 0 aromatic heterocycles. The molecule has 2 rings (SSSR count). The highest BCUT2D eigenvalue weighted by Crippen LogP contribution is 2.09. The summed E-state index contributed by atoms with van der Waals surface area (Å²) in [6.07, 6.45) is 0. The van der Waals surface area contributed by atoms with Crippen molar-refractivity contribution in [3.8, 4) is 0 Å². The number of rotatable bonds is 4. The smallest absolute Gasteiger partial charge is 0.242 e. The monoisotopic (exact) mass is 313 g/mol. The number of hydrogen-bond donors (Lipinski definition) is 2. The number of morpholine rings is 1. The maximum atomic E-state index is 11.9. The number of carbonyl (C=O) groups excluding carboxylic acids is 2. The highest BCUT2D eigenvalue weighted by molar-refractivity contribution is 5.88. The Labute approximate surface area is 130 Å².